The fourth-order valence-electron chi connectivity index (χ4n) is 6.03. The van der Waals surface area contributed by atoms with Gasteiger partial charge in [-0.05, 0) is 61.6 Å². The topological polar surface area (TPSA) is 87.2 Å². The highest BCUT2D eigenvalue weighted by molar-refractivity contribution is 6.32. The largest absolute Gasteiger partial charge is 0.573 e. The van der Waals surface area contributed by atoms with Crippen LogP contribution in [0.2, 0.25) is 0 Å². The van der Waals surface area contributed by atoms with Crippen molar-refractivity contribution >= 4 is 36.8 Å². The number of carbonyl (C=O) groups is 3. The van der Waals surface area contributed by atoms with Crippen LogP contribution in [-0.4, -0.2) is 54.1 Å². The molecule has 11 heteroatoms. The average Bonchev–Trinajstić information content (AvgIpc) is 3.57. The first kappa shape index (κ1) is 26.1. The molecule has 2 saturated carbocycles. The van der Waals surface area contributed by atoms with Crippen molar-refractivity contribution < 1.29 is 37.4 Å². The van der Waals surface area contributed by atoms with Gasteiger partial charge in [-0.3, -0.25) is 14.4 Å². The van der Waals surface area contributed by atoms with Crippen molar-refractivity contribution in [2.75, 3.05) is 4.90 Å². The molecular formula is C27H28BF3N2O5. The first-order valence-electron chi connectivity index (χ1n) is 12.9. The number of nitrogens with zero attached hydrogens (tertiary/aromatic N) is 2. The van der Waals surface area contributed by atoms with Crippen molar-refractivity contribution in [1.29, 1.82) is 0 Å². The minimum atomic E-state index is -4.82. The molecule has 0 spiro atoms. The molecule has 3 unspecified atom stereocenters. The summed E-state index contributed by atoms with van der Waals surface area (Å²) < 4.78 is 41.7. The van der Waals surface area contributed by atoms with Crippen molar-refractivity contribution in [3.8, 4) is 5.75 Å². The lowest BCUT2D eigenvalue weighted by atomic mass is 9.79. The molecule has 1 N–H and O–H groups in total. The zero-order valence-electron chi connectivity index (χ0n) is 20.9. The number of carboxylic acids is 1. The summed E-state index contributed by atoms with van der Waals surface area (Å²) in [4.78, 5) is 42.0. The summed E-state index contributed by atoms with van der Waals surface area (Å²) in [5.41, 5.74) is 2.75. The Morgan fingerprint density at radius 1 is 1.03 bits per heavy atom. The maximum absolute atomic E-state index is 13.8. The molecule has 1 heterocycles. The van der Waals surface area contributed by atoms with Crippen molar-refractivity contribution in [3.63, 3.8) is 0 Å². The molecule has 0 bridgehead atoms. The molecule has 38 heavy (non-hydrogen) atoms. The molecule has 0 saturated heterocycles. The van der Waals surface area contributed by atoms with E-state index in [-0.39, 0.29) is 54.3 Å². The fourth-order valence-corrected chi connectivity index (χ4v) is 6.03. The molecule has 5 rings (SSSR count). The minimum Gasteiger partial charge on any atom is -0.481 e. The van der Waals surface area contributed by atoms with Crippen LogP contribution in [0.1, 0.15) is 66.9 Å². The van der Waals surface area contributed by atoms with Crippen LogP contribution in [0.4, 0.5) is 18.9 Å². The van der Waals surface area contributed by atoms with E-state index in [2.05, 4.69) is 4.74 Å². The first-order valence-corrected chi connectivity index (χ1v) is 12.9. The molecule has 1 aliphatic heterocycles. The van der Waals surface area contributed by atoms with Crippen molar-refractivity contribution in [1.82, 2.24) is 4.90 Å². The molecule has 0 radical (unpaired) electrons. The highest BCUT2D eigenvalue weighted by Crippen LogP contribution is 2.52. The lowest BCUT2D eigenvalue weighted by Gasteiger charge is -2.48. The summed E-state index contributed by atoms with van der Waals surface area (Å²) in [5.74, 6) is -1.95. The third kappa shape index (κ3) is 5.23. The molecule has 7 nitrogen and oxygen atoms in total. The lowest BCUT2D eigenvalue weighted by Crippen LogP contribution is -2.53. The van der Waals surface area contributed by atoms with Gasteiger partial charge in [-0.15, -0.1) is 13.2 Å². The van der Waals surface area contributed by atoms with Gasteiger partial charge in [-0.2, -0.15) is 0 Å². The molecule has 3 atom stereocenters. The fraction of sp³-hybridized carbons (Fsp3) is 0.444. The zero-order valence-corrected chi connectivity index (χ0v) is 20.9. The Bertz CT molecular complexity index is 1250. The van der Waals surface area contributed by atoms with Crippen molar-refractivity contribution in [3.05, 3.63) is 53.6 Å². The monoisotopic (exact) mass is 528 g/mol. The molecule has 2 fully saturated rings. The van der Waals surface area contributed by atoms with Gasteiger partial charge in [0.2, 0.25) is 5.91 Å². The van der Waals surface area contributed by atoms with Crippen LogP contribution in [0.15, 0.2) is 42.5 Å². The normalized spacial score (nSPS) is 22.4. The first-order chi connectivity index (χ1) is 18.0. The quantitative estimate of drug-likeness (QED) is 0.556. The Kier molecular flexibility index (Phi) is 6.87. The van der Waals surface area contributed by atoms with Crippen LogP contribution in [0.25, 0.3) is 0 Å². The maximum Gasteiger partial charge on any atom is 0.573 e. The number of anilines is 1. The van der Waals surface area contributed by atoms with E-state index in [1.807, 2.05) is 30.9 Å². The lowest BCUT2D eigenvalue weighted by molar-refractivity contribution is -0.274. The number of hydrogen-bond donors (Lipinski definition) is 1. The number of alkyl halides is 3. The highest BCUT2D eigenvalue weighted by atomic mass is 19.4. The number of carbonyl (C=O) groups excluding carboxylic acids is 2. The van der Waals surface area contributed by atoms with Gasteiger partial charge in [0.15, 0.2) is 0 Å². The second-order valence-corrected chi connectivity index (χ2v) is 10.3. The summed E-state index contributed by atoms with van der Waals surface area (Å²) in [6.45, 7) is 0. The van der Waals surface area contributed by atoms with Crippen LogP contribution in [0, 0.1) is 5.92 Å². The Morgan fingerprint density at radius 3 is 2.37 bits per heavy atom. The third-order valence-corrected chi connectivity index (χ3v) is 7.66. The van der Waals surface area contributed by atoms with Crippen LogP contribution < -0.4 is 15.1 Å². The van der Waals surface area contributed by atoms with E-state index >= 15 is 0 Å². The molecule has 3 aliphatic rings. The smallest absolute Gasteiger partial charge is 0.481 e. The van der Waals surface area contributed by atoms with Crippen molar-refractivity contribution in [2.24, 2.45) is 5.92 Å². The van der Waals surface area contributed by atoms with Gasteiger partial charge in [0.05, 0.1) is 12.5 Å². The molecule has 2 amide bonds. The number of rotatable bonds is 7. The van der Waals surface area contributed by atoms with Gasteiger partial charge >= 0.3 is 12.3 Å². The van der Waals surface area contributed by atoms with E-state index in [0.29, 0.717) is 5.69 Å². The van der Waals surface area contributed by atoms with Gasteiger partial charge in [0.1, 0.15) is 13.6 Å². The Labute approximate surface area is 219 Å². The summed E-state index contributed by atoms with van der Waals surface area (Å²) >= 11 is 0. The SMILES string of the molecule is Bc1ccc2c(c1)C(N(C(=O)CCC(=O)O)C1CC1)C1CCCC1N2C(=O)c1ccc(OC(F)(F)F)cc1. The Morgan fingerprint density at radius 2 is 1.74 bits per heavy atom. The molecule has 2 aromatic rings. The highest BCUT2D eigenvalue weighted by Gasteiger charge is 2.51. The summed E-state index contributed by atoms with van der Waals surface area (Å²) in [7, 11) is 1.94. The maximum atomic E-state index is 13.8. The summed E-state index contributed by atoms with van der Waals surface area (Å²) in [5, 5.41) is 9.15. The van der Waals surface area contributed by atoms with Crippen LogP contribution in [-0.2, 0) is 9.59 Å². The summed E-state index contributed by atoms with van der Waals surface area (Å²) in [6.07, 6.45) is -0.999. The predicted octanol–water partition coefficient (Wildman–Crippen LogP) is 3.57. The van der Waals surface area contributed by atoms with E-state index in [0.717, 1.165) is 55.3 Å². The number of hydrogen-bond acceptors (Lipinski definition) is 4. The average molecular weight is 528 g/mol. The molecular weight excluding hydrogens is 500 g/mol. The van der Waals surface area contributed by atoms with Crippen LogP contribution in [0.3, 0.4) is 0 Å². The standard InChI is InChI=1S/C27H28BF3N2O5/c28-16-6-11-22-20(14-16)25(32(17-7-8-17)23(34)12-13-24(35)36)19-2-1-3-21(19)33(22)26(37)15-4-9-18(10-5-15)38-27(29,30)31/h4-6,9-11,14,17,19,21,25H,1-3,7-8,12-13,28H2,(H,35,36). The minimum absolute atomic E-state index is 0.0320. The number of halogens is 3. The number of carboxylic acid groups (broad SMARTS) is 1. The van der Waals surface area contributed by atoms with Gasteiger partial charge in [0, 0.05) is 35.7 Å². The third-order valence-electron chi connectivity index (χ3n) is 7.66. The second kappa shape index (κ2) is 10.00. The predicted molar refractivity (Wildman–Crippen MR) is 135 cm³/mol. The second-order valence-electron chi connectivity index (χ2n) is 10.3. The van der Waals surface area contributed by atoms with E-state index < -0.39 is 18.1 Å². The van der Waals surface area contributed by atoms with Gasteiger partial charge < -0.3 is 19.6 Å². The number of amides is 2. The van der Waals surface area contributed by atoms with Crippen molar-refractivity contribution in [2.45, 2.75) is 69.4 Å². The van der Waals surface area contributed by atoms with Crippen LogP contribution in [0.5, 0.6) is 5.75 Å². The van der Waals surface area contributed by atoms with Gasteiger partial charge in [0.25, 0.3) is 5.91 Å². The van der Waals surface area contributed by atoms with E-state index in [1.165, 1.54) is 12.1 Å². The number of ether oxygens (including phenoxy) is 1. The molecule has 2 aromatic carbocycles. The van der Waals surface area contributed by atoms with Gasteiger partial charge in [-0.25, -0.2) is 0 Å². The molecule has 2 aliphatic carbocycles. The zero-order chi connectivity index (χ0) is 27.2. The number of benzene rings is 2. The molecule has 200 valence electrons. The van der Waals surface area contributed by atoms with E-state index in [4.69, 9.17) is 5.11 Å². The van der Waals surface area contributed by atoms with E-state index in [1.54, 1.807) is 4.90 Å². The Balaban J connectivity index is 1.52. The number of fused-ring (bicyclic) bond motifs is 2. The Hall–Kier alpha value is -3.50. The summed E-state index contributed by atoms with van der Waals surface area (Å²) in [6, 6.07) is 10.3. The molecule has 0 aromatic heterocycles. The van der Waals surface area contributed by atoms with Gasteiger partial charge in [-0.1, -0.05) is 24.0 Å². The number of aliphatic carboxylic acids is 1. The van der Waals surface area contributed by atoms with E-state index in [9.17, 15) is 27.6 Å². The van der Waals surface area contributed by atoms with Crippen LogP contribution >= 0.6 is 0 Å².